The number of rotatable bonds is 4. The first-order valence-corrected chi connectivity index (χ1v) is 7.02. The summed E-state index contributed by atoms with van der Waals surface area (Å²) < 4.78 is 5.21. The molecule has 0 unspecified atom stereocenters. The highest BCUT2D eigenvalue weighted by molar-refractivity contribution is 7.98. The second-order valence-corrected chi connectivity index (χ2v) is 5.06. The van der Waals surface area contributed by atoms with Gasteiger partial charge in [0.25, 0.3) is 0 Å². The lowest BCUT2D eigenvalue weighted by atomic mass is 10.0. The number of carbonyl (C=O) groups excluding carboxylic acids is 1. The fourth-order valence-electron chi connectivity index (χ4n) is 1.93. The Morgan fingerprint density at radius 2 is 2.28 bits per heavy atom. The molecule has 5 heteroatoms. The van der Waals surface area contributed by atoms with Crippen LogP contribution in [0, 0.1) is 0 Å². The zero-order chi connectivity index (χ0) is 12.5. The van der Waals surface area contributed by atoms with Crippen LogP contribution in [0.3, 0.4) is 0 Å². The average Bonchev–Trinajstić information content (AvgIpc) is 3.15. The molecule has 2 aromatic rings. The number of nitrogens with zero attached hydrogens (tertiary/aromatic N) is 2. The van der Waals surface area contributed by atoms with Gasteiger partial charge in [-0.25, -0.2) is 4.98 Å². The fraction of sp³-hybridized carbons (Fsp3) is 0.308. The van der Waals surface area contributed by atoms with E-state index in [2.05, 4.69) is 10.1 Å². The van der Waals surface area contributed by atoms with E-state index in [0.717, 1.165) is 23.6 Å². The molecule has 0 spiro atoms. The van der Waals surface area contributed by atoms with Gasteiger partial charge in [0.2, 0.25) is 5.78 Å². The molecule has 0 saturated heterocycles. The van der Waals surface area contributed by atoms with Gasteiger partial charge >= 0.3 is 0 Å². The van der Waals surface area contributed by atoms with Crippen LogP contribution >= 0.6 is 11.8 Å². The second kappa shape index (κ2) is 4.57. The van der Waals surface area contributed by atoms with Gasteiger partial charge in [-0.2, -0.15) is 0 Å². The SMILES string of the molecule is CSc1ncccc1C(=O)c1cnoc1C1CC1. The van der Waals surface area contributed by atoms with E-state index in [4.69, 9.17) is 4.52 Å². The average molecular weight is 260 g/mol. The van der Waals surface area contributed by atoms with Crippen molar-refractivity contribution in [2.75, 3.05) is 6.26 Å². The molecule has 0 radical (unpaired) electrons. The van der Waals surface area contributed by atoms with E-state index in [1.54, 1.807) is 18.3 Å². The molecule has 2 aromatic heterocycles. The van der Waals surface area contributed by atoms with Crippen LogP contribution in [0.25, 0.3) is 0 Å². The van der Waals surface area contributed by atoms with Crippen molar-refractivity contribution >= 4 is 17.5 Å². The minimum atomic E-state index is -0.0457. The summed E-state index contributed by atoms with van der Waals surface area (Å²) in [5.41, 5.74) is 1.20. The predicted octanol–water partition coefficient (Wildman–Crippen LogP) is 2.90. The van der Waals surface area contributed by atoms with E-state index in [1.165, 1.54) is 18.0 Å². The van der Waals surface area contributed by atoms with E-state index >= 15 is 0 Å². The lowest BCUT2D eigenvalue weighted by Gasteiger charge is -2.04. The van der Waals surface area contributed by atoms with Gasteiger partial charge in [-0.05, 0) is 31.2 Å². The Bertz CT molecular complexity index is 590. The molecule has 0 N–H and O–H groups in total. The number of thioether (sulfide) groups is 1. The number of aromatic nitrogens is 2. The number of pyridine rings is 1. The smallest absolute Gasteiger partial charge is 0.200 e. The highest BCUT2D eigenvalue weighted by Crippen LogP contribution is 2.42. The molecule has 0 bridgehead atoms. The Morgan fingerprint density at radius 1 is 1.44 bits per heavy atom. The molecule has 4 nitrogen and oxygen atoms in total. The molecule has 2 heterocycles. The van der Waals surface area contributed by atoms with Gasteiger partial charge in [-0.15, -0.1) is 11.8 Å². The van der Waals surface area contributed by atoms with Crippen LogP contribution in [-0.4, -0.2) is 22.2 Å². The largest absolute Gasteiger partial charge is 0.360 e. The summed E-state index contributed by atoms with van der Waals surface area (Å²) in [7, 11) is 0. The first kappa shape index (κ1) is 11.5. The standard InChI is InChI=1S/C13H12N2O2S/c1-18-13-9(3-2-6-14-13)11(16)10-7-15-17-12(10)8-4-5-8/h2-3,6-8H,4-5H2,1H3. The summed E-state index contributed by atoms with van der Waals surface area (Å²) in [4.78, 5) is 16.7. The van der Waals surface area contributed by atoms with Crippen molar-refractivity contribution in [3.63, 3.8) is 0 Å². The third-order valence-electron chi connectivity index (χ3n) is 3.00. The monoisotopic (exact) mass is 260 g/mol. The highest BCUT2D eigenvalue weighted by atomic mass is 32.2. The zero-order valence-electron chi connectivity index (χ0n) is 9.92. The van der Waals surface area contributed by atoms with Crippen LogP contribution in [-0.2, 0) is 0 Å². The van der Waals surface area contributed by atoms with Crippen molar-refractivity contribution in [3.8, 4) is 0 Å². The van der Waals surface area contributed by atoms with E-state index < -0.39 is 0 Å². The van der Waals surface area contributed by atoms with Gasteiger partial charge in [0, 0.05) is 12.1 Å². The summed E-state index contributed by atoms with van der Waals surface area (Å²) in [5, 5.41) is 4.50. The van der Waals surface area contributed by atoms with Gasteiger partial charge in [0.1, 0.15) is 5.03 Å². The number of hydrogen-bond acceptors (Lipinski definition) is 5. The Labute approximate surface area is 109 Å². The van der Waals surface area contributed by atoms with E-state index in [9.17, 15) is 4.79 Å². The van der Waals surface area contributed by atoms with Crippen molar-refractivity contribution < 1.29 is 9.32 Å². The number of hydrogen-bond donors (Lipinski definition) is 0. The molecule has 0 aliphatic heterocycles. The number of ketones is 1. The molecule has 0 aromatic carbocycles. The minimum Gasteiger partial charge on any atom is -0.360 e. The molecule has 3 rings (SSSR count). The molecule has 1 aliphatic rings. The van der Waals surface area contributed by atoms with Crippen molar-refractivity contribution in [2.24, 2.45) is 0 Å². The highest BCUT2D eigenvalue weighted by Gasteiger charge is 2.33. The molecule has 0 atom stereocenters. The number of carbonyl (C=O) groups is 1. The van der Waals surface area contributed by atoms with E-state index in [1.807, 2.05) is 6.26 Å². The molecule has 92 valence electrons. The van der Waals surface area contributed by atoms with Crippen LogP contribution in [0.4, 0.5) is 0 Å². The summed E-state index contributed by atoms with van der Waals surface area (Å²) >= 11 is 1.47. The topological polar surface area (TPSA) is 56.0 Å². The first-order chi connectivity index (χ1) is 8.81. The summed E-state index contributed by atoms with van der Waals surface area (Å²) in [6.45, 7) is 0. The molecule has 1 saturated carbocycles. The van der Waals surface area contributed by atoms with Crippen LogP contribution in [0.5, 0.6) is 0 Å². The van der Waals surface area contributed by atoms with Gasteiger partial charge in [0.15, 0.2) is 5.76 Å². The zero-order valence-corrected chi connectivity index (χ0v) is 10.7. The summed E-state index contributed by atoms with van der Waals surface area (Å²) in [6, 6.07) is 3.57. The summed E-state index contributed by atoms with van der Waals surface area (Å²) in [5.74, 6) is 1.06. The Balaban J connectivity index is 2.01. The van der Waals surface area contributed by atoms with Crippen molar-refractivity contribution in [2.45, 2.75) is 23.8 Å². The van der Waals surface area contributed by atoms with E-state index in [-0.39, 0.29) is 5.78 Å². The van der Waals surface area contributed by atoms with Gasteiger partial charge in [-0.3, -0.25) is 4.79 Å². The molecule has 0 amide bonds. The maximum absolute atomic E-state index is 12.5. The van der Waals surface area contributed by atoms with Crippen LogP contribution in [0.1, 0.15) is 40.4 Å². The van der Waals surface area contributed by atoms with Crippen molar-refractivity contribution in [1.82, 2.24) is 10.1 Å². The van der Waals surface area contributed by atoms with Crippen LogP contribution in [0.15, 0.2) is 34.1 Å². The Kier molecular flexibility index (Phi) is 2.91. The molecular weight excluding hydrogens is 248 g/mol. The maximum Gasteiger partial charge on any atom is 0.200 e. The maximum atomic E-state index is 12.5. The molecule has 1 aliphatic carbocycles. The van der Waals surface area contributed by atoms with Crippen molar-refractivity contribution in [1.29, 1.82) is 0 Å². The van der Waals surface area contributed by atoms with Crippen LogP contribution < -0.4 is 0 Å². The predicted molar refractivity (Wildman–Crippen MR) is 67.9 cm³/mol. The van der Waals surface area contributed by atoms with E-state index in [0.29, 0.717) is 17.0 Å². The molecule has 18 heavy (non-hydrogen) atoms. The normalized spacial score (nSPS) is 14.7. The lowest BCUT2D eigenvalue weighted by molar-refractivity contribution is 0.103. The molecular formula is C13H12N2O2S. The fourth-order valence-corrected chi connectivity index (χ4v) is 2.48. The van der Waals surface area contributed by atoms with Gasteiger partial charge in [-0.1, -0.05) is 5.16 Å². The Hall–Kier alpha value is -1.62. The third kappa shape index (κ3) is 1.95. The molecule has 1 fully saturated rings. The van der Waals surface area contributed by atoms with Crippen LogP contribution in [0.2, 0.25) is 0 Å². The van der Waals surface area contributed by atoms with Gasteiger partial charge in [0.05, 0.1) is 17.3 Å². The first-order valence-electron chi connectivity index (χ1n) is 5.79. The quantitative estimate of drug-likeness (QED) is 0.625. The third-order valence-corrected chi connectivity index (χ3v) is 3.71. The minimum absolute atomic E-state index is 0.0457. The van der Waals surface area contributed by atoms with Gasteiger partial charge < -0.3 is 4.52 Å². The Morgan fingerprint density at radius 3 is 3.00 bits per heavy atom. The second-order valence-electron chi connectivity index (χ2n) is 4.27. The summed E-state index contributed by atoms with van der Waals surface area (Å²) in [6.07, 6.45) is 7.29. The lowest BCUT2D eigenvalue weighted by Crippen LogP contribution is -2.05. The van der Waals surface area contributed by atoms with Crippen molar-refractivity contribution in [3.05, 3.63) is 41.4 Å².